The average molecular weight is 771 g/mol. The highest BCUT2D eigenvalue weighted by molar-refractivity contribution is 7.47. The molecular formula is C42H75O10P. The summed E-state index contributed by atoms with van der Waals surface area (Å²) in [6.45, 7) is 2.25. The van der Waals surface area contributed by atoms with Gasteiger partial charge >= 0.3 is 19.8 Å². The lowest BCUT2D eigenvalue weighted by Crippen LogP contribution is -2.29. The largest absolute Gasteiger partial charge is 0.472 e. The van der Waals surface area contributed by atoms with Gasteiger partial charge in [0.05, 0.1) is 19.8 Å². The van der Waals surface area contributed by atoms with E-state index in [0.29, 0.717) is 12.8 Å². The predicted molar refractivity (Wildman–Crippen MR) is 214 cm³/mol. The summed E-state index contributed by atoms with van der Waals surface area (Å²) in [5.41, 5.74) is 0. The first-order valence-electron chi connectivity index (χ1n) is 20.6. The zero-order valence-corrected chi connectivity index (χ0v) is 34.1. The second-order valence-corrected chi connectivity index (χ2v) is 15.1. The van der Waals surface area contributed by atoms with Crippen LogP contribution in [0.15, 0.2) is 48.6 Å². The van der Waals surface area contributed by atoms with Crippen LogP contribution in [-0.2, 0) is 32.7 Å². The van der Waals surface area contributed by atoms with Gasteiger partial charge in [0.2, 0.25) is 0 Å². The molecule has 0 aliphatic heterocycles. The predicted octanol–water partition coefficient (Wildman–Crippen LogP) is 10.6. The average Bonchev–Trinajstić information content (AvgIpc) is 3.14. The van der Waals surface area contributed by atoms with E-state index in [1.54, 1.807) is 0 Å². The Balaban J connectivity index is 4.36. The highest BCUT2D eigenvalue weighted by Crippen LogP contribution is 2.43. The fraction of sp³-hybridized carbons (Fsp3) is 0.762. The van der Waals surface area contributed by atoms with Crippen LogP contribution in [0.1, 0.15) is 168 Å². The Morgan fingerprint density at radius 1 is 0.566 bits per heavy atom. The highest BCUT2D eigenvalue weighted by Gasteiger charge is 2.27. The molecule has 0 aromatic carbocycles. The van der Waals surface area contributed by atoms with E-state index >= 15 is 0 Å². The quantitative estimate of drug-likeness (QED) is 0.0240. The summed E-state index contributed by atoms with van der Waals surface area (Å²) in [6, 6.07) is 0. The first kappa shape index (κ1) is 50.9. The van der Waals surface area contributed by atoms with Gasteiger partial charge in [0.25, 0.3) is 0 Å². The Morgan fingerprint density at radius 3 is 1.53 bits per heavy atom. The molecule has 3 unspecified atom stereocenters. The molecule has 0 saturated heterocycles. The molecule has 0 aromatic rings. The molecular weight excluding hydrogens is 695 g/mol. The maximum absolute atomic E-state index is 12.6. The minimum atomic E-state index is -4.62. The first-order valence-corrected chi connectivity index (χ1v) is 22.1. The van der Waals surface area contributed by atoms with Gasteiger partial charge in [-0.25, -0.2) is 4.57 Å². The van der Waals surface area contributed by atoms with E-state index < -0.39 is 51.8 Å². The fourth-order valence-electron chi connectivity index (χ4n) is 5.24. The van der Waals surface area contributed by atoms with Crippen LogP contribution in [0.25, 0.3) is 0 Å². The second-order valence-electron chi connectivity index (χ2n) is 13.7. The lowest BCUT2D eigenvalue weighted by molar-refractivity contribution is -0.161. The van der Waals surface area contributed by atoms with Gasteiger partial charge in [-0.2, -0.15) is 0 Å². The van der Waals surface area contributed by atoms with Gasteiger partial charge in [-0.05, 0) is 70.6 Å². The molecule has 0 rings (SSSR count). The summed E-state index contributed by atoms with van der Waals surface area (Å²) in [5.74, 6) is -0.953. The van der Waals surface area contributed by atoms with Crippen molar-refractivity contribution in [2.75, 3.05) is 26.4 Å². The molecule has 10 nitrogen and oxygen atoms in total. The lowest BCUT2D eigenvalue weighted by Gasteiger charge is -2.20. The zero-order valence-electron chi connectivity index (χ0n) is 33.2. The topological polar surface area (TPSA) is 149 Å². The van der Waals surface area contributed by atoms with E-state index in [1.807, 2.05) is 0 Å². The minimum absolute atomic E-state index is 0.171. The fourth-order valence-corrected chi connectivity index (χ4v) is 6.03. The lowest BCUT2D eigenvalue weighted by atomic mass is 10.1. The number of aliphatic hydroxyl groups excluding tert-OH is 2. The number of rotatable bonds is 38. The molecule has 0 heterocycles. The van der Waals surface area contributed by atoms with Crippen molar-refractivity contribution in [3.8, 4) is 0 Å². The molecule has 3 N–H and O–H groups in total. The van der Waals surface area contributed by atoms with Gasteiger partial charge in [0.15, 0.2) is 6.10 Å². The van der Waals surface area contributed by atoms with Crippen molar-refractivity contribution >= 4 is 19.8 Å². The van der Waals surface area contributed by atoms with Crippen LogP contribution >= 0.6 is 7.82 Å². The third kappa shape index (κ3) is 38.0. The van der Waals surface area contributed by atoms with E-state index in [1.165, 1.54) is 44.9 Å². The number of unbranched alkanes of at least 4 members (excludes halogenated alkanes) is 16. The SMILES string of the molecule is CCC/C=C\C/C=C\CCCCCCCC(=O)OCC(COP(=O)(O)OCC(O)CO)OC(=O)CCCCCCCCC/C=C\C/C=C\CCCCC. The summed E-state index contributed by atoms with van der Waals surface area (Å²) in [5, 5.41) is 18.3. The normalized spacial score (nSPS) is 14.4. The van der Waals surface area contributed by atoms with Crippen LogP contribution in [0.5, 0.6) is 0 Å². The van der Waals surface area contributed by atoms with Crippen molar-refractivity contribution in [2.45, 2.75) is 180 Å². The van der Waals surface area contributed by atoms with E-state index in [2.05, 4.69) is 67.0 Å². The van der Waals surface area contributed by atoms with Gasteiger partial charge in [0, 0.05) is 12.8 Å². The number of carbonyl (C=O) groups is 2. The molecule has 0 spiro atoms. The molecule has 3 atom stereocenters. The minimum Gasteiger partial charge on any atom is -0.462 e. The second kappa shape index (κ2) is 38.2. The summed E-state index contributed by atoms with van der Waals surface area (Å²) < 4.78 is 32.6. The van der Waals surface area contributed by atoms with Crippen LogP contribution < -0.4 is 0 Å². The number of phosphoric ester groups is 1. The number of esters is 2. The Hall–Kier alpha value is -2.07. The summed E-state index contributed by atoms with van der Waals surface area (Å²) >= 11 is 0. The zero-order chi connectivity index (χ0) is 39.1. The summed E-state index contributed by atoms with van der Waals surface area (Å²) in [4.78, 5) is 34.9. The molecule has 53 heavy (non-hydrogen) atoms. The molecule has 0 aliphatic carbocycles. The first-order chi connectivity index (χ1) is 25.7. The molecule has 308 valence electrons. The number of allylic oxidation sites excluding steroid dienone is 8. The molecule has 0 amide bonds. The number of ether oxygens (including phenoxy) is 2. The van der Waals surface area contributed by atoms with E-state index in [0.717, 1.165) is 83.5 Å². The van der Waals surface area contributed by atoms with Crippen LogP contribution in [-0.4, -0.2) is 65.7 Å². The summed E-state index contributed by atoms with van der Waals surface area (Å²) in [6.07, 6.45) is 39.3. The molecule has 0 bridgehead atoms. The van der Waals surface area contributed by atoms with Crippen molar-refractivity contribution in [1.82, 2.24) is 0 Å². The van der Waals surface area contributed by atoms with Crippen molar-refractivity contribution in [1.29, 1.82) is 0 Å². The Kier molecular flexibility index (Phi) is 36.7. The number of hydrogen-bond acceptors (Lipinski definition) is 9. The van der Waals surface area contributed by atoms with Crippen LogP contribution in [0.4, 0.5) is 0 Å². The van der Waals surface area contributed by atoms with Gasteiger partial charge in [0.1, 0.15) is 12.7 Å². The third-order valence-corrected chi connectivity index (χ3v) is 9.39. The number of hydrogen-bond donors (Lipinski definition) is 3. The molecule has 0 saturated carbocycles. The molecule has 0 aliphatic rings. The van der Waals surface area contributed by atoms with Crippen molar-refractivity contribution < 1.29 is 47.8 Å². The maximum atomic E-state index is 12.6. The summed E-state index contributed by atoms with van der Waals surface area (Å²) in [7, 11) is -4.62. The van der Waals surface area contributed by atoms with Gasteiger partial charge in [-0.15, -0.1) is 0 Å². The Morgan fingerprint density at radius 2 is 1.02 bits per heavy atom. The Bertz CT molecular complexity index is 1030. The number of phosphoric acid groups is 1. The highest BCUT2D eigenvalue weighted by atomic mass is 31.2. The third-order valence-electron chi connectivity index (χ3n) is 8.44. The van der Waals surface area contributed by atoms with Crippen LogP contribution in [0.3, 0.4) is 0 Å². The standard InChI is InChI=1S/C42H75O10P/c1-3-5-7-9-11-13-15-17-18-19-20-22-24-26-28-30-32-34-42(46)52-40(38-51-53(47,48)50-36-39(44)35-43)37-49-41(45)33-31-29-27-25-23-21-16-14-12-10-8-6-4-2/h8,10-11,13-14,16-18,39-40,43-44H,3-7,9,12,15,19-38H2,1-2H3,(H,47,48)/b10-8-,13-11-,16-14-,18-17-. The molecule has 11 heteroatoms. The molecule has 0 radical (unpaired) electrons. The van der Waals surface area contributed by atoms with Crippen molar-refractivity contribution in [2.24, 2.45) is 0 Å². The number of aliphatic hydroxyl groups is 2. The van der Waals surface area contributed by atoms with Gasteiger partial charge in [-0.1, -0.05) is 133 Å². The monoisotopic (exact) mass is 771 g/mol. The molecule has 0 fully saturated rings. The van der Waals surface area contributed by atoms with Crippen LogP contribution in [0.2, 0.25) is 0 Å². The Labute approximate surface area is 322 Å². The van der Waals surface area contributed by atoms with Crippen molar-refractivity contribution in [3.63, 3.8) is 0 Å². The number of carbonyl (C=O) groups excluding carboxylic acids is 2. The van der Waals surface area contributed by atoms with Crippen LogP contribution in [0, 0.1) is 0 Å². The van der Waals surface area contributed by atoms with E-state index in [9.17, 15) is 24.2 Å². The van der Waals surface area contributed by atoms with E-state index in [4.69, 9.17) is 19.1 Å². The van der Waals surface area contributed by atoms with Gasteiger partial charge < -0.3 is 24.6 Å². The smallest absolute Gasteiger partial charge is 0.462 e. The van der Waals surface area contributed by atoms with Gasteiger partial charge in [-0.3, -0.25) is 18.6 Å². The molecule has 0 aromatic heterocycles. The van der Waals surface area contributed by atoms with E-state index in [-0.39, 0.29) is 19.4 Å². The van der Waals surface area contributed by atoms with Crippen molar-refractivity contribution in [3.05, 3.63) is 48.6 Å². The maximum Gasteiger partial charge on any atom is 0.472 e.